The number of hydrogen-bond acceptors (Lipinski definition) is 3. The second-order valence-electron chi connectivity index (χ2n) is 5.27. The number of rotatable bonds is 4. The van der Waals surface area contributed by atoms with E-state index in [0.717, 1.165) is 31.7 Å². The highest BCUT2D eigenvalue weighted by molar-refractivity contribution is 5.87. The maximum atomic E-state index is 12.0. The highest BCUT2D eigenvalue weighted by atomic mass is 16.4. The molecule has 1 aromatic carbocycles. The van der Waals surface area contributed by atoms with Crippen LogP contribution in [0.4, 0.5) is 4.79 Å². The summed E-state index contributed by atoms with van der Waals surface area (Å²) in [4.78, 5) is 26.7. The molecular weight excluding hydrogens is 270 g/mol. The van der Waals surface area contributed by atoms with Crippen molar-refractivity contribution in [1.82, 2.24) is 15.1 Å². The van der Waals surface area contributed by atoms with E-state index in [0.29, 0.717) is 13.0 Å². The van der Waals surface area contributed by atoms with Crippen molar-refractivity contribution >= 4 is 12.0 Å². The number of amides is 2. The Bertz CT molecular complexity index is 493. The molecular formula is C15H21N3O3. The van der Waals surface area contributed by atoms with Gasteiger partial charge in [-0.25, -0.2) is 9.59 Å². The summed E-state index contributed by atoms with van der Waals surface area (Å²) in [5, 5.41) is 11.7. The molecule has 1 fully saturated rings. The second kappa shape index (κ2) is 7.08. The van der Waals surface area contributed by atoms with E-state index in [2.05, 4.69) is 17.3 Å². The van der Waals surface area contributed by atoms with E-state index >= 15 is 0 Å². The first-order valence-electron chi connectivity index (χ1n) is 7.10. The van der Waals surface area contributed by atoms with Gasteiger partial charge in [0, 0.05) is 32.7 Å². The molecule has 1 saturated heterocycles. The molecule has 1 aliphatic heterocycles. The van der Waals surface area contributed by atoms with Crippen LogP contribution in [-0.4, -0.2) is 66.7 Å². The van der Waals surface area contributed by atoms with Gasteiger partial charge in [-0.3, -0.25) is 0 Å². The van der Waals surface area contributed by atoms with Crippen LogP contribution in [0.3, 0.4) is 0 Å². The van der Waals surface area contributed by atoms with Crippen LogP contribution < -0.4 is 5.32 Å². The molecule has 0 atom stereocenters. The third-order valence-electron chi connectivity index (χ3n) is 3.68. The standard InChI is InChI=1S/C15H21N3O3/c1-17-8-10-18(11-9-17)15(21)16-7-6-12-2-4-13(5-3-12)14(19)20/h2-5H,6-11H2,1H3,(H,16,21)(H,19,20). The van der Waals surface area contributed by atoms with Gasteiger partial charge in [0.05, 0.1) is 5.56 Å². The topological polar surface area (TPSA) is 72.9 Å². The van der Waals surface area contributed by atoms with Crippen molar-refractivity contribution in [3.63, 3.8) is 0 Å². The number of carbonyl (C=O) groups is 2. The van der Waals surface area contributed by atoms with E-state index in [1.807, 2.05) is 4.90 Å². The van der Waals surface area contributed by atoms with Crippen LogP contribution >= 0.6 is 0 Å². The third kappa shape index (κ3) is 4.46. The fraction of sp³-hybridized carbons (Fsp3) is 0.467. The van der Waals surface area contributed by atoms with Gasteiger partial charge in [0.25, 0.3) is 0 Å². The van der Waals surface area contributed by atoms with Gasteiger partial charge in [-0.05, 0) is 31.2 Å². The van der Waals surface area contributed by atoms with Gasteiger partial charge in [-0.15, -0.1) is 0 Å². The van der Waals surface area contributed by atoms with Crippen molar-refractivity contribution in [2.24, 2.45) is 0 Å². The highest BCUT2D eigenvalue weighted by Crippen LogP contribution is 2.05. The summed E-state index contributed by atoms with van der Waals surface area (Å²) < 4.78 is 0. The largest absolute Gasteiger partial charge is 0.478 e. The number of carboxylic acids is 1. The van der Waals surface area contributed by atoms with Gasteiger partial charge in [0.2, 0.25) is 0 Å². The number of nitrogens with zero attached hydrogens (tertiary/aromatic N) is 2. The molecule has 114 valence electrons. The van der Waals surface area contributed by atoms with Crippen LogP contribution in [-0.2, 0) is 6.42 Å². The lowest BCUT2D eigenvalue weighted by Gasteiger charge is -2.32. The Morgan fingerprint density at radius 1 is 1.14 bits per heavy atom. The maximum absolute atomic E-state index is 12.0. The van der Waals surface area contributed by atoms with E-state index in [4.69, 9.17) is 5.11 Å². The number of urea groups is 1. The SMILES string of the molecule is CN1CCN(C(=O)NCCc2ccc(C(=O)O)cc2)CC1. The summed E-state index contributed by atoms with van der Waals surface area (Å²) in [5.41, 5.74) is 1.29. The first-order chi connectivity index (χ1) is 10.1. The van der Waals surface area contributed by atoms with Crippen molar-refractivity contribution in [3.05, 3.63) is 35.4 Å². The van der Waals surface area contributed by atoms with E-state index < -0.39 is 5.97 Å². The van der Waals surface area contributed by atoms with Crippen LogP contribution in [0.25, 0.3) is 0 Å². The van der Waals surface area contributed by atoms with Crippen LogP contribution in [0.1, 0.15) is 15.9 Å². The lowest BCUT2D eigenvalue weighted by Crippen LogP contribution is -2.50. The van der Waals surface area contributed by atoms with Crippen molar-refractivity contribution in [2.75, 3.05) is 39.8 Å². The molecule has 6 heteroatoms. The molecule has 2 amide bonds. The molecule has 0 bridgehead atoms. The van der Waals surface area contributed by atoms with Crippen LogP contribution in [0.15, 0.2) is 24.3 Å². The van der Waals surface area contributed by atoms with Crippen molar-refractivity contribution in [1.29, 1.82) is 0 Å². The molecule has 0 unspecified atom stereocenters. The van der Waals surface area contributed by atoms with Gasteiger partial charge in [-0.1, -0.05) is 12.1 Å². The van der Waals surface area contributed by atoms with Crippen molar-refractivity contribution in [3.8, 4) is 0 Å². The van der Waals surface area contributed by atoms with Gasteiger partial charge in [0.1, 0.15) is 0 Å². The molecule has 2 rings (SSSR count). The van der Waals surface area contributed by atoms with Gasteiger partial charge >= 0.3 is 12.0 Å². The Morgan fingerprint density at radius 2 is 1.76 bits per heavy atom. The quantitative estimate of drug-likeness (QED) is 0.864. The van der Waals surface area contributed by atoms with Gasteiger partial charge < -0.3 is 20.2 Å². The number of piperazine rings is 1. The van der Waals surface area contributed by atoms with Crippen LogP contribution in [0.2, 0.25) is 0 Å². The molecule has 0 radical (unpaired) electrons. The summed E-state index contributed by atoms with van der Waals surface area (Å²) in [7, 11) is 2.05. The fourth-order valence-electron chi connectivity index (χ4n) is 2.25. The predicted molar refractivity (Wildman–Crippen MR) is 79.6 cm³/mol. The number of likely N-dealkylation sites (N-methyl/N-ethyl adjacent to an activating group) is 1. The number of hydrogen-bond donors (Lipinski definition) is 2. The Hall–Kier alpha value is -2.08. The normalized spacial score (nSPS) is 15.8. The summed E-state index contributed by atoms with van der Waals surface area (Å²) in [6.07, 6.45) is 0.694. The minimum atomic E-state index is -0.926. The molecule has 0 saturated carbocycles. The molecule has 0 spiro atoms. The summed E-state index contributed by atoms with van der Waals surface area (Å²) in [6, 6.07) is 6.71. The van der Waals surface area contributed by atoms with E-state index in [1.165, 1.54) is 0 Å². The highest BCUT2D eigenvalue weighted by Gasteiger charge is 2.18. The molecule has 1 heterocycles. The van der Waals surface area contributed by atoms with E-state index in [-0.39, 0.29) is 11.6 Å². The number of nitrogens with one attached hydrogen (secondary N) is 1. The predicted octanol–water partition coefficient (Wildman–Crippen LogP) is 0.884. The Kier molecular flexibility index (Phi) is 5.16. The van der Waals surface area contributed by atoms with Gasteiger partial charge in [0.15, 0.2) is 0 Å². The number of benzene rings is 1. The number of carbonyl (C=O) groups excluding carboxylic acids is 1. The van der Waals surface area contributed by atoms with Gasteiger partial charge in [-0.2, -0.15) is 0 Å². The maximum Gasteiger partial charge on any atom is 0.335 e. The zero-order valence-corrected chi connectivity index (χ0v) is 12.2. The monoisotopic (exact) mass is 291 g/mol. The van der Waals surface area contributed by atoms with E-state index in [1.54, 1.807) is 24.3 Å². The zero-order chi connectivity index (χ0) is 15.2. The molecule has 1 aliphatic rings. The van der Waals surface area contributed by atoms with E-state index in [9.17, 15) is 9.59 Å². The lowest BCUT2D eigenvalue weighted by molar-refractivity contribution is 0.0697. The average Bonchev–Trinajstić information content (AvgIpc) is 2.48. The summed E-state index contributed by atoms with van der Waals surface area (Å²) in [5.74, 6) is -0.926. The zero-order valence-electron chi connectivity index (χ0n) is 12.2. The van der Waals surface area contributed by atoms with Crippen LogP contribution in [0.5, 0.6) is 0 Å². The average molecular weight is 291 g/mol. The molecule has 6 nitrogen and oxygen atoms in total. The minimum Gasteiger partial charge on any atom is -0.478 e. The Morgan fingerprint density at radius 3 is 2.33 bits per heavy atom. The molecule has 2 N–H and O–H groups in total. The lowest BCUT2D eigenvalue weighted by atomic mass is 10.1. The summed E-state index contributed by atoms with van der Waals surface area (Å²) >= 11 is 0. The minimum absolute atomic E-state index is 0.0229. The number of aromatic carboxylic acids is 1. The summed E-state index contributed by atoms with van der Waals surface area (Å²) in [6.45, 7) is 3.89. The van der Waals surface area contributed by atoms with Crippen molar-refractivity contribution in [2.45, 2.75) is 6.42 Å². The third-order valence-corrected chi connectivity index (χ3v) is 3.68. The smallest absolute Gasteiger partial charge is 0.335 e. The Balaban J connectivity index is 1.73. The molecule has 21 heavy (non-hydrogen) atoms. The molecule has 0 aliphatic carbocycles. The molecule has 1 aromatic rings. The van der Waals surface area contributed by atoms with Crippen molar-refractivity contribution < 1.29 is 14.7 Å². The Labute approximate surface area is 124 Å². The first-order valence-corrected chi connectivity index (χ1v) is 7.10. The number of carboxylic acid groups (broad SMARTS) is 1. The van der Waals surface area contributed by atoms with Crippen LogP contribution in [0, 0.1) is 0 Å². The first kappa shape index (κ1) is 15.3. The fourth-order valence-corrected chi connectivity index (χ4v) is 2.25. The second-order valence-corrected chi connectivity index (χ2v) is 5.27. The molecule has 0 aromatic heterocycles.